The lowest BCUT2D eigenvalue weighted by Gasteiger charge is -2.21. The average Bonchev–Trinajstić information content (AvgIpc) is 3.57. The number of benzene rings is 1. The van der Waals surface area contributed by atoms with Crippen LogP contribution < -0.4 is 4.90 Å². The molecule has 4 atom stereocenters. The smallest absolute Gasteiger partial charge is 0.157 e. The van der Waals surface area contributed by atoms with E-state index in [1.165, 1.54) is 24.2 Å². The van der Waals surface area contributed by atoms with Crippen LogP contribution >= 0.6 is 11.9 Å². The van der Waals surface area contributed by atoms with Crippen LogP contribution in [0.4, 0.5) is 5.82 Å². The molecule has 4 unspecified atom stereocenters. The Kier molecular flexibility index (Phi) is 5.36. The van der Waals surface area contributed by atoms with Crippen molar-refractivity contribution in [2.45, 2.75) is 56.1 Å². The van der Waals surface area contributed by atoms with Crippen LogP contribution in [0.2, 0.25) is 0 Å². The topological polar surface area (TPSA) is 63.4 Å². The Morgan fingerprint density at radius 3 is 2.56 bits per heavy atom. The number of aliphatic hydroxyl groups is 1. The summed E-state index contributed by atoms with van der Waals surface area (Å²) in [6.07, 6.45) is 7.93. The molecule has 0 amide bonds. The quantitative estimate of drug-likeness (QED) is 0.606. The predicted octanol–water partition coefficient (Wildman–Crippen LogP) is 4.74. The molecule has 4 heterocycles. The van der Waals surface area contributed by atoms with Crippen LogP contribution in [-0.4, -0.2) is 44.8 Å². The first-order valence-corrected chi connectivity index (χ1v) is 12.6. The molecule has 2 aromatic heterocycles. The third-order valence-electron chi connectivity index (χ3n) is 7.36. The fourth-order valence-electron chi connectivity index (χ4n) is 5.81. The van der Waals surface area contributed by atoms with Crippen LogP contribution in [0, 0.1) is 18.8 Å². The Morgan fingerprint density at radius 1 is 1.06 bits per heavy atom. The minimum atomic E-state index is -0.0828. The van der Waals surface area contributed by atoms with Gasteiger partial charge >= 0.3 is 0 Å². The Labute approximate surface area is 193 Å². The standard InChI is InChI=1S/C25H30N4O2S/c1-16-26-23-21(22-11-10-19(15-30)31-22)14-29(32-20-8-3-2-4-9-20)24(23)25(27-16)28-12-17-6-5-7-18(17)13-28/h2-4,8-9,14,17-19,22,30H,5-7,10-13,15H2,1H3. The largest absolute Gasteiger partial charge is 0.394 e. The second-order valence-corrected chi connectivity index (χ2v) is 10.5. The number of fused-ring (bicyclic) bond motifs is 2. The molecule has 3 aliphatic rings. The van der Waals surface area contributed by atoms with E-state index in [-0.39, 0.29) is 18.8 Å². The molecule has 2 saturated heterocycles. The average molecular weight is 451 g/mol. The van der Waals surface area contributed by atoms with Crippen molar-refractivity contribution >= 4 is 28.8 Å². The number of hydrogen-bond donors (Lipinski definition) is 1. The van der Waals surface area contributed by atoms with Gasteiger partial charge in [-0.2, -0.15) is 0 Å². The van der Waals surface area contributed by atoms with Crippen LogP contribution in [0.15, 0.2) is 41.4 Å². The first-order chi connectivity index (χ1) is 15.7. The minimum Gasteiger partial charge on any atom is -0.394 e. The van der Waals surface area contributed by atoms with Gasteiger partial charge in [0.15, 0.2) is 5.82 Å². The number of rotatable bonds is 5. The maximum absolute atomic E-state index is 9.59. The van der Waals surface area contributed by atoms with E-state index in [0.29, 0.717) is 0 Å². The van der Waals surface area contributed by atoms with Gasteiger partial charge in [0.2, 0.25) is 0 Å². The molecule has 32 heavy (non-hydrogen) atoms. The summed E-state index contributed by atoms with van der Waals surface area (Å²) < 4.78 is 8.44. The molecule has 2 aliphatic heterocycles. The van der Waals surface area contributed by atoms with Crippen molar-refractivity contribution in [3.05, 3.63) is 47.9 Å². The second kappa shape index (κ2) is 8.36. The molecule has 6 nitrogen and oxygen atoms in total. The van der Waals surface area contributed by atoms with E-state index < -0.39 is 0 Å². The number of aliphatic hydroxyl groups excluding tert-OH is 1. The molecule has 1 aromatic carbocycles. The number of aromatic nitrogens is 3. The Balaban J connectivity index is 1.47. The lowest BCUT2D eigenvalue weighted by Crippen LogP contribution is -2.23. The monoisotopic (exact) mass is 450 g/mol. The molecule has 0 radical (unpaired) electrons. The lowest BCUT2D eigenvalue weighted by atomic mass is 10.0. The number of ether oxygens (including phenoxy) is 1. The highest BCUT2D eigenvalue weighted by Crippen LogP contribution is 2.44. The zero-order chi connectivity index (χ0) is 21.7. The fourth-order valence-corrected chi connectivity index (χ4v) is 6.74. The van der Waals surface area contributed by atoms with Gasteiger partial charge in [0.25, 0.3) is 0 Å². The van der Waals surface area contributed by atoms with Crippen LogP contribution in [0.5, 0.6) is 0 Å². The zero-order valence-electron chi connectivity index (χ0n) is 18.5. The van der Waals surface area contributed by atoms with Crippen molar-refractivity contribution in [2.24, 2.45) is 11.8 Å². The highest BCUT2D eigenvalue weighted by atomic mass is 32.2. The van der Waals surface area contributed by atoms with Crippen molar-refractivity contribution < 1.29 is 9.84 Å². The lowest BCUT2D eigenvalue weighted by molar-refractivity contribution is 0.0115. The summed E-state index contributed by atoms with van der Waals surface area (Å²) in [6.45, 7) is 4.26. The summed E-state index contributed by atoms with van der Waals surface area (Å²) in [5, 5.41) is 9.59. The van der Waals surface area contributed by atoms with Gasteiger partial charge < -0.3 is 14.7 Å². The summed E-state index contributed by atoms with van der Waals surface area (Å²) in [5.41, 5.74) is 3.21. The van der Waals surface area contributed by atoms with Gasteiger partial charge in [-0.05, 0) is 68.5 Å². The van der Waals surface area contributed by atoms with Gasteiger partial charge in [-0.15, -0.1) is 0 Å². The highest BCUT2D eigenvalue weighted by Gasteiger charge is 2.38. The Bertz CT molecular complexity index is 1110. The zero-order valence-corrected chi connectivity index (χ0v) is 19.3. The van der Waals surface area contributed by atoms with E-state index in [2.05, 4.69) is 39.3 Å². The molecule has 7 heteroatoms. The molecular formula is C25H30N4O2S. The number of hydrogen-bond acceptors (Lipinski definition) is 6. The Morgan fingerprint density at radius 2 is 1.84 bits per heavy atom. The molecule has 3 fully saturated rings. The van der Waals surface area contributed by atoms with E-state index >= 15 is 0 Å². The van der Waals surface area contributed by atoms with Crippen molar-refractivity contribution in [3.8, 4) is 0 Å². The van der Waals surface area contributed by atoms with Crippen molar-refractivity contribution in [1.82, 2.24) is 13.9 Å². The summed E-state index contributed by atoms with van der Waals surface area (Å²) >= 11 is 1.71. The van der Waals surface area contributed by atoms with E-state index in [1.54, 1.807) is 11.9 Å². The SMILES string of the molecule is Cc1nc(N2CC3CCCC3C2)c2c(n1)c(C1CCC(CO)O1)cn2Sc1ccccc1. The number of aryl methyl sites for hydroxylation is 1. The fraction of sp³-hybridized carbons (Fsp3) is 0.520. The summed E-state index contributed by atoms with van der Waals surface area (Å²) in [4.78, 5) is 13.6. The molecule has 0 bridgehead atoms. The van der Waals surface area contributed by atoms with E-state index in [4.69, 9.17) is 14.7 Å². The van der Waals surface area contributed by atoms with Crippen LogP contribution in [0.3, 0.4) is 0 Å². The van der Waals surface area contributed by atoms with Crippen LogP contribution in [0.1, 0.15) is 49.6 Å². The summed E-state index contributed by atoms with van der Waals surface area (Å²) in [7, 11) is 0. The van der Waals surface area contributed by atoms with Gasteiger partial charge in [0, 0.05) is 29.7 Å². The summed E-state index contributed by atoms with van der Waals surface area (Å²) in [5.74, 6) is 3.47. The van der Waals surface area contributed by atoms with Gasteiger partial charge in [-0.1, -0.05) is 24.6 Å². The van der Waals surface area contributed by atoms with Crippen molar-refractivity contribution in [3.63, 3.8) is 0 Å². The van der Waals surface area contributed by atoms with E-state index in [0.717, 1.165) is 66.0 Å². The number of anilines is 1. The second-order valence-electron chi connectivity index (χ2n) is 9.47. The maximum Gasteiger partial charge on any atom is 0.157 e. The molecule has 6 rings (SSSR count). The van der Waals surface area contributed by atoms with E-state index in [9.17, 15) is 5.11 Å². The first-order valence-electron chi connectivity index (χ1n) is 11.8. The molecule has 3 aromatic rings. The maximum atomic E-state index is 9.59. The molecule has 1 N–H and O–H groups in total. The van der Waals surface area contributed by atoms with Crippen molar-refractivity contribution in [1.29, 1.82) is 0 Å². The van der Waals surface area contributed by atoms with Crippen LogP contribution in [0.25, 0.3) is 11.0 Å². The Hall–Kier alpha value is -2.09. The molecule has 0 spiro atoms. The van der Waals surface area contributed by atoms with Crippen LogP contribution in [-0.2, 0) is 4.74 Å². The molecule has 1 aliphatic carbocycles. The summed E-state index contributed by atoms with van der Waals surface area (Å²) in [6, 6.07) is 10.5. The number of nitrogens with zero attached hydrogens (tertiary/aromatic N) is 4. The van der Waals surface area contributed by atoms with Gasteiger partial charge in [-0.25, -0.2) is 9.97 Å². The van der Waals surface area contributed by atoms with Crippen molar-refractivity contribution in [2.75, 3.05) is 24.6 Å². The highest BCUT2D eigenvalue weighted by molar-refractivity contribution is 7.98. The van der Waals surface area contributed by atoms with E-state index in [1.807, 2.05) is 13.0 Å². The third-order valence-corrected chi connectivity index (χ3v) is 8.33. The molecular weight excluding hydrogens is 420 g/mol. The molecule has 168 valence electrons. The molecule has 1 saturated carbocycles. The third kappa shape index (κ3) is 3.60. The van der Waals surface area contributed by atoms with Gasteiger partial charge in [-0.3, -0.25) is 3.97 Å². The van der Waals surface area contributed by atoms with Gasteiger partial charge in [0.05, 0.1) is 18.8 Å². The normalized spacial score (nSPS) is 27.5. The first kappa shape index (κ1) is 20.5. The minimum absolute atomic E-state index is 0.0348. The predicted molar refractivity (Wildman–Crippen MR) is 127 cm³/mol. The van der Waals surface area contributed by atoms with Gasteiger partial charge in [0.1, 0.15) is 16.9 Å².